The summed E-state index contributed by atoms with van der Waals surface area (Å²) in [5, 5.41) is 13.2. The number of benzene rings is 1. The first kappa shape index (κ1) is 10.3. The number of hydrogen-bond donors (Lipinski definition) is 1. The predicted molar refractivity (Wildman–Crippen MR) is 55.0 cm³/mol. The van der Waals surface area contributed by atoms with Crippen LogP contribution < -0.4 is 4.74 Å². The third-order valence-electron chi connectivity index (χ3n) is 2.01. The van der Waals surface area contributed by atoms with Gasteiger partial charge in [-0.1, -0.05) is 17.3 Å². The molecule has 0 saturated heterocycles. The van der Waals surface area contributed by atoms with E-state index in [1.807, 2.05) is 0 Å². The van der Waals surface area contributed by atoms with Gasteiger partial charge in [0.1, 0.15) is 5.75 Å². The molecule has 0 fully saturated rings. The average Bonchev–Trinajstić information content (AvgIpc) is 2.79. The number of para-hydroxylation sites is 1. The zero-order valence-corrected chi connectivity index (χ0v) is 8.67. The highest BCUT2D eigenvalue weighted by molar-refractivity contribution is 5.96. The first-order valence-corrected chi connectivity index (χ1v) is 4.72. The molecule has 0 aliphatic heterocycles. The number of ketones is 1. The van der Waals surface area contributed by atoms with E-state index in [0.717, 1.165) is 0 Å². The fraction of sp³-hybridized carbons (Fsp3) is 0.200. The molecule has 0 aliphatic carbocycles. The molecule has 6 nitrogen and oxygen atoms in total. The van der Waals surface area contributed by atoms with Gasteiger partial charge >= 0.3 is 0 Å². The topological polar surface area (TPSA) is 80.8 Å². The van der Waals surface area contributed by atoms with Crippen LogP contribution in [0.15, 0.2) is 24.3 Å². The minimum Gasteiger partial charge on any atom is -0.485 e. The van der Waals surface area contributed by atoms with E-state index < -0.39 is 0 Å². The third-order valence-corrected chi connectivity index (χ3v) is 2.01. The van der Waals surface area contributed by atoms with E-state index in [-0.39, 0.29) is 12.4 Å². The van der Waals surface area contributed by atoms with Crippen molar-refractivity contribution in [1.82, 2.24) is 20.6 Å². The molecule has 0 saturated carbocycles. The van der Waals surface area contributed by atoms with E-state index in [4.69, 9.17) is 4.74 Å². The monoisotopic (exact) mass is 218 g/mol. The summed E-state index contributed by atoms with van der Waals surface area (Å²) in [6, 6.07) is 7.04. The summed E-state index contributed by atoms with van der Waals surface area (Å²) in [6.07, 6.45) is 0. The normalized spacial score (nSPS) is 10.1. The SMILES string of the molecule is CC(=O)c1ccccc1OCc1nn[nH]n1. The fourth-order valence-electron chi connectivity index (χ4n) is 1.27. The first-order valence-electron chi connectivity index (χ1n) is 4.72. The maximum absolute atomic E-state index is 11.3. The van der Waals surface area contributed by atoms with Crippen LogP contribution in [0, 0.1) is 0 Å². The number of nitrogens with one attached hydrogen (secondary N) is 1. The van der Waals surface area contributed by atoms with Crippen molar-refractivity contribution in [3.8, 4) is 5.75 Å². The molecule has 0 bridgehead atoms. The van der Waals surface area contributed by atoms with Gasteiger partial charge in [-0.05, 0) is 19.1 Å². The van der Waals surface area contributed by atoms with Crippen molar-refractivity contribution < 1.29 is 9.53 Å². The minimum absolute atomic E-state index is 0.0382. The molecule has 0 unspecified atom stereocenters. The van der Waals surface area contributed by atoms with Crippen LogP contribution >= 0.6 is 0 Å². The Hall–Kier alpha value is -2.24. The molecule has 1 aromatic heterocycles. The first-order chi connectivity index (χ1) is 7.77. The number of rotatable bonds is 4. The van der Waals surface area contributed by atoms with Crippen molar-refractivity contribution in [2.24, 2.45) is 0 Å². The number of nitrogens with zero attached hydrogens (tertiary/aromatic N) is 3. The molecule has 2 rings (SSSR count). The average molecular weight is 218 g/mol. The van der Waals surface area contributed by atoms with Gasteiger partial charge < -0.3 is 4.74 Å². The highest BCUT2D eigenvalue weighted by Crippen LogP contribution is 2.18. The molecule has 0 atom stereocenters. The lowest BCUT2D eigenvalue weighted by atomic mass is 10.1. The quantitative estimate of drug-likeness (QED) is 0.773. The number of ether oxygens (including phenoxy) is 1. The summed E-state index contributed by atoms with van der Waals surface area (Å²) in [5.41, 5.74) is 0.547. The van der Waals surface area contributed by atoms with E-state index in [9.17, 15) is 4.79 Å². The lowest BCUT2D eigenvalue weighted by Crippen LogP contribution is -2.02. The van der Waals surface area contributed by atoms with E-state index in [2.05, 4.69) is 20.6 Å². The van der Waals surface area contributed by atoms with Gasteiger partial charge in [-0.15, -0.1) is 10.2 Å². The van der Waals surface area contributed by atoms with Crippen LogP contribution in [0.3, 0.4) is 0 Å². The van der Waals surface area contributed by atoms with Crippen molar-refractivity contribution in [3.05, 3.63) is 35.7 Å². The summed E-state index contributed by atoms with van der Waals surface area (Å²) >= 11 is 0. The van der Waals surface area contributed by atoms with Gasteiger partial charge in [0, 0.05) is 0 Å². The summed E-state index contributed by atoms with van der Waals surface area (Å²) in [4.78, 5) is 11.3. The Balaban J connectivity index is 2.12. The van der Waals surface area contributed by atoms with Crippen LogP contribution in [0.25, 0.3) is 0 Å². The van der Waals surface area contributed by atoms with E-state index in [0.29, 0.717) is 17.1 Å². The van der Waals surface area contributed by atoms with Crippen molar-refractivity contribution in [1.29, 1.82) is 0 Å². The second-order valence-corrected chi connectivity index (χ2v) is 3.17. The van der Waals surface area contributed by atoms with Crippen molar-refractivity contribution in [3.63, 3.8) is 0 Å². The van der Waals surface area contributed by atoms with Gasteiger partial charge in [-0.25, -0.2) is 0 Å². The highest BCUT2D eigenvalue weighted by Gasteiger charge is 2.08. The maximum atomic E-state index is 11.3. The lowest BCUT2D eigenvalue weighted by Gasteiger charge is -2.06. The Labute approximate surface area is 91.6 Å². The van der Waals surface area contributed by atoms with Gasteiger partial charge in [-0.2, -0.15) is 5.21 Å². The molecule has 6 heteroatoms. The Morgan fingerprint density at radius 2 is 2.25 bits per heavy atom. The molecular formula is C10H10N4O2. The van der Waals surface area contributed by atoms with Crippen LogP contribution in [0.5, 0.6) is 5.75 Å². The smallest absolute Gasteiger partial charge is 0.211 e. The minimum atomic E-state index is -0.0382. The van der Waals surface area contributed by atoms with Crippen LogP contribution in [0.4, 0.5) is 0 Å². The summed E-state index contributed by atoms with van der Waals surface area (Å²) in [5.74, 6) is 0.932. The molecule has 1 heterocycles. The Bertz CT molecular complexity index is 481. The van der Waals surface area contributed by atoms with Crippen LogP contribution in [0.1, 0.15) is 23.1 Å². The summed E-state index contributed by atoms with van der Waals surface area (Å²) in [7, 11) is 0. The molecule has 2 aromatic rings. The number of carbonyl (C=O) groups is 1. The van der Waals surface area contributed by atoms with E-state index in [1.165, 1.54) is 6.92 Å². The predicted octanol–water partition coefficient (Wildman–Crippen LogP) is 0.981. The molecule has 16 heavy (non-hydrogen) atoms. The third kappa shape index (κ3) is 2.22. The molecule has 0 aliphatic rings. The number of hydrogen-bond acceptors (Lipinski definition) is 5. The van der Waals surface area contributed by atoms with Gasteiger partial charge in [0.25, 0.3) is 0 Å². The fourth-order valence-corrected chi connectivity index (χ4v) is 1.27. The lowest BCUT2D eigenvalue weighted by molar-refractivity contribution is 0.101. The molecule has 0 radical (unpaired) electrons. The van der Waals surface area contributed by atoms with Gasteiger partial charge in [0.2, 0.25) is 5.82 Å². The van der Waals surface area contributed by atoms with Crippen molar-refractivity contribution >= 4 is 5.78 Å². The Morgan fingerprint density at radius 3 is 2.94 bits per heavy atom. The van der Waals surface area contributed by atoms with E-state index >= 15 is 0 Å². The molecular weight excluding hydrogens is 208 g/mol. The number of H-pyrrole nitrogens is 1. The number of Topliss-reactive ketones (excluding diaryl/α,β-unsaturated/α-hetero) is 1. The number of carbonyl (C=O) groups excluding carboxylic acids is 1. The molecule has 0 amide bonds. The zero-order chi connectivity index (χ0) is 11.4. The van der Waals surface area contributed by atoms with Gasteiger partial charge in [-0.3, -0.25) is 4.79 Å². The molecule has 82 valence electrons. The van der Waals surface area contributed by atoms with Crippen molar-refractivity contribution in [2.75, 3.05) is 0 Å². The summed E-state index contributed by atoms with van der Waals surface area (Å²) < 4.78 is 5.44. The molecule has 1 aromatic carbocycles. The van der Waals surface area contributed by atoms with Gasteiger partial charge in [0.05, 0.1) is 5.56 Å². The summed E-state index contributed by atoms with van der Waals surface area (Å²) in [6.45, 7) is 1.68. The highest BCUT2D eigenvalue weighted by atomic mass is 16.5. The second kappa shape index (κ2) is 4.52. The molecule has 1 N–H and O–H groups in total. The van der Waals surface area contributed by atoms with Crippen LogP contribution in [-0.4, -0.2) is 26.4 Å². The van der Waals surface area contributed by atoms with Crippen molar-refractivity contribution in [2.45, 2.75) is 13.5 Å². The zero-order valence-electron chi connectivity index (χ0n) is 8.67. The van der Waals surface area contributed by atoms with E-state index in [1.54, 1.807) is 24.3 Å². The molecule has 0 spiro atoms. The Kier molecular flexibility index (Phi) is 2.90. The number of aromatic nitrogens is 4. The maximum Gasteiger partial charge on any atom is 0.211 e. The Morgan fingerprint density at radius 1 is 1.44 bits per heavy atom. The largest absolute Gasteiger partial charge is 0.485 e. The van der Waals surface area contributed by atoms with Crippen LogP contribution in [0.2, 0.25) is 0 Å². The second-order valence-electron chi connectivity index (χ2n) is 3.17. The standard InChI is InChI=1S/C10H10N4O2/c1-7(15)8-4-2-3-5-9(8)16-6-10-11-13-14-12-10/h2-5H,6H2,1H3,(H,11,12,13,14). The number of aromatic amines is 1. The van der Waals surface area contributed by atoms with Crippen LogP contribution in [-0.2, 0) is 6.61 Å². The number of tetrazole rings is 1. The van der Waals surface area contributed by atoms with Gasteiger partial charge in [0.15, 0.2) is 12.4 Å².